The summed E-state index contributed by atoms with van der Waals surface area (Å²) in [6.07, 6.45) is 0. The lowest BCUT2D eigenvalue weighted by Crippen LogP contribution is -2.00. The van der Waals surface area contributed by atoms with E-state index in [1.54, 1.807) is 35.7 Å². The summed E-state index contributed by atoms with van der Waals surface area (Å²) >= 11 is 16.9. The van der Waals surface area contributed by atoms with Crippen molar-refractivity contribution in [1.29, 1.82) is 5.26 Å². The number of ether oxygens (including phenoxy) is 2. The summed E-state index contributed by atoms with van der Waals surface area (Å²) in [5.41, 5.74) is 2.79. The zero-order chi connectivity index (χ0) is 24.9. The number of benzene rings is 3. The summed E-state index contributed by atoms with van der Waals surface area (Å²) in [6, 6.07) is 20.3. The van der Waals surface area contributed by atoms with Gasteiger partial charge >= 0.3 is 0 Å². The van der Waals surface area contributed by atoms with Gasteiger partial charge in [0.25, 0.3) is 0 Å². The monoisotopic (exact) mass is 586 g/mol. The van der Waals surface area contributed by atoms with Crippen LogP contribution in [0.15, 0.2) is 70.5 Å². The highest BCUT2D eigenvalue weighted by Gasteiger charge is 2.19. The Morgan fingerprint density at radius 1 is 1.11 bits per heavy atom. The zero-order valence-corrected chi connectivity index (χ0v) is 22.2. The lowest BCUT2D eigenvalue weighted by Gasteiger charge is -2.14. The zero-order valence-electron chi connectivity index (χ0n) is 18.3. The Hall–Kier alpha value is -3.02. The maximum atomic E-state index is 11.0. The SMILES string of the molecule is COc1cc(/C(O)=C(\C#N)c2nc(-c3ccc(Cl)c(Cl)c3)cs2)cc(Br)c1OCc1ccccc1. The summed E-state index contributed by atoms with van der Waals surface area (Å²) in [4.78, 5) is 4.52. The largest absolute Gasteiger partial charge is 0.506 e. The van der Waals surface area contributed by atoms with Crippen LogP contribution >= 0.6 is 50.5 Å². The molecular weight excluding hydrogens is 571 g/mol. The number of nitriles is 1. The number of methoxy groups -OCH3 is 1. The average molecular weight is 588 g/mol. The predicted molar refractivity (Wildman–Crippen MR) is 144 cm³/mol. The minimum atomic E-state index is -0.226. The third-order valence-electron chi connectivity index (χ3n) is 5.01. The van der Waals surface area contributed by atoms with E-state index in [0.29, 0.717) is 48.9 Å². The van der Waals surface area contributed by atoms with Crippen LogP contribution in [0.4, 0.5) is 0 Å². The predicted octanol–water partition coefficient (Wildman–Crippen LogP) is 8.42. The van der Waals surface area contributed by atoms with Crippen molar-refractivity contribution in [2.45, 2.75) is 6.61 Å². The molecule has 4 aromatic rings. The Bertz CT molecular complexity index is 1450. The molecule has 0 aliphatic carbocycles. The van der Waals surface area contributed by atoms with Crippen LogP contribution < -0.4 is 9.47 Å². The first-order valence-electron chi connectivity index (χ1n) is 10.2. The van der Waals surface area contributed by atoms with E-state index in [1.807, 2.05) is 30.3 Å². The Balaban J connectivity index is 1.66. The van der Waals surface area contributed by atoms with Crippen LogP contribution in [0.5, 0.6) is 11.5 Å². The van der Waals surface area contributed by atoms with E-state index in [0.717, 1.165) is 11.1 Å². The van der Waals surface area contributed by atoms with Gasteiger partial charge in [0.2, 0.25) is 0 Å². The fourth-order valence-corrected chi connectivity index (χ4v) is 4.93. The second-order valence-electron chi connectivity index (χ2n) is 7.27. The van der Waals surface area contributed by atoms with Gasteiger partial charge in [-0.05, 0) is 45.8 Å². The number of hydrogen-bond donors (Lipinski definition) is 1. The highest BCUT2D eigenvalue weighted by Crippen LogP contribution is 2.40. The molecule has 0 atom stereocenters. The fourth-order valence-electron chi connectivity index (χ4n) is 3.25. The van der Waals surface area contributed by atoms with Crippen molar-refractivity contribution in [3.05, 3.63) is 96.7 Å². The van der Waals surface area contributed by atoms with E-state index < -0.39 is 0 Å². The highest BCUT2D eigenvalue weighted by molar-refractivity contribution is 9.10. The van der Waals surface area contributed by atoms with E-state index in [-0.39, 0.29) is 11.3 Å². The fraction of sp³-hybridized carbons (Fsp3) is 0.0769. The molecule has 0 fully saturated rings. The standard InChI is InChI=1S/C26H17BrCl2N2O3S/c1-33-23-11-17(9-19(27)25(23)34-13-15-5-3-2-4-6-15)24(32)18(12-30)26-31-22(14-35-26)16-7-8-20(28)21(29)10-16/h2-11,14,32H,13H2,1H3/b24-18-. The van der Waals surface area contributed by atoms with Crippen LogP contribution in [0.3, 0.4) is 0 Å². The number of aliphatic hydroxyl groups is 1. The minimum absolute atomic E-state index is 0.0354. The van der Waals surface area contributed by atoms with Crippen LogP contribution in [0.1, 0.15) is 16.1 Å². The first-order valence-corrected chi connectivity index (χ1v) is 12.6. The van der Waals surface area contributed by atoms with Gasteiger partial charge in [0.1, 0.15) is 29.0 Å². The van der Waals surface area contributed by atoms with E-state index >= 15 is 0 Å². The molecule has 0 amide bonds. The van der Waals surface area contributed by atoms with Crippen molar-refractivity contribution in [3.8, 4) is 28.8 Å². The van der Waals surface area contributed by atoms with Crippen LogP contribution in [0.25, 0.3) is 22.6 Å². The molecule has 0 saturated carbocycles. The summed E-state index contributed by atoms with van der Waals surface area (Å²) in [5, 5.41) is 23.8. The van der Waals surface area contributed by atoms with Crippen molar-refractivity contribution in [2.75, 3.05) is 7.11 Å². The molecule has 0 radical (unpaired) electrons. The van der Waals surface area contributed by atoms with Gasteiger partial charge < -0.3 is 14.6 Å². The third kappa shape index (κ3) is 5.63. The number of thiazole rings is 1. The lowest BCUT2D eigenvalue weighted by atomic mass is 10.1. The first kappa shape index (κ1) is 25.1. The van der Waals surface area contributed by atoms with Gasteiger partial charge in [-0.2, -0.15) is 5.26 Å². The molecule has 0 bridgehead atoms. The van der Waals surface area contributed by atoms with Gasteiger partial charge in [0.05, 0.1) is 27.3 Å². The van der Waals surface area contributed by atoms with Gasteiger partial charge in [-0.25, -0.2) is 4.98 Å². The molecule has 1 aromatic heterocycles. The summed E-state index contributed by atoms with van der Waals surface area (Å²) in [5.74, 6) is 0.670. The smallest absolute Gasteiger partial charge is 0.175 e. The molecule has 176 valence electrons. The molecule has 1 N–H and O–H groups in total. The topological polar surface area (TPSA) is 75.4 Å². The first-order chi connectivity index (χ1) is 16.9. The van der Waals surface area contributed by atoms with Crippen molar-refractivity contribution < 1.29 is 14.6 Å². The maximum absolute atomic E-state index is 11.0. The van der Waals surface area contributed by atoms with Gasteiger partial charge in [0.15, 0.2) is 11.5 Å². The van der Waals surface area contributed by atoms with E-state index in [9.17, 15) is 10.4 Å². The number of rotatable bonds is 7. The average Bonchev–Trinajstić information content (AvgIpc) is 3.35. The summed E-state index contributed by atoms with van der Waals surface area (Å²) < 4.78 is 12.0. The minimum Gasteiger partial charge on any atom is -0.506 e. The second-order valence-corrected chi connectivity index (χ2v) is 9.79. The van der Waals surface area contributed by atoms with Crippen molar-refractivity contribution in [3.63, 3.8) is 0 Å². The molecule has 1 heterocycles. The van der Waals surface area contributed by atoms with Gasteiger partial charge in [0, 0.05) is 16.5 Å². The third-order valence-corrected chi connectivity index (χ3v) is 7.20. The van der Waals surface area contributed by atoms with Crippen LogP contribution in [0.2, 0.25) is 10.0 Å². The number of aromatic nitrogens is 1. The van der Waals surface area contributed by atoms with Crippen molar-refractivity contribution in [1.82, 2.24) is 4.98 Å². The quantitative estimate of drug-likeness (QED) is 0.173. The number of hydrogen-bond acceptors (Lipinski definition) is 6. The molecule has 9 heteroatoms. The molecule has 5 nitrogen and oxygen atoms in total. The molecule has 4 rings (SSSR count). The van der Waals surface area contributed by atoms with E-state index in [4.69, 9.17) is 32.7 Å². The number of halogens is 3. The Labute approximate surface area is 224 Å². The molecule has 0 saturated heterocycles. The molecular formula is C26H17BrCl2N2O3S. The Morgan fingerprint density at radius 3 is 2.57 bits per heavy atom. The highest BCUT2D eigenvalue weighted by atomic mass is 79.9. The normalized spacial score (nSPS) is 11.5. The van der Waals surface area contributed by atoms with Crippen molar-refractivity contribution in [2.24, 2.45) is 0 Å². The van der Waals surface area contributed by atoms with Crippen LogP contribution in [0, 0.1) is 11.3 Å². The molecule has 0 spiro atoms. The van der Waals surface area contributed by atoms with Crippen LogP contribution in [-0.4, -0.2) is 17.2 Å². The molecule has 3 aromatic carbocycles. The Morgan fingerprint density at radius 2 is 1.89 bits per heavy atom. The van der Waals surface area contributed by atoms with Gasteiger partial charge in [-0.1, -0.05) is 59.6 Å². The number of aliphatic hydroxyl groups excluding tert-OH is 1. The molecule has 0 aliphatic rings. The summed E-state index contributed by atoms with van der Waals surface area (Å²) in [7, 11) is 1.51. The lowest BCUT2D eigenvalue weighted by molar-refractivity contribution is 0.282. The van der Waals surface area contributed by atoms with E-state index in [1.165, 1.54) is 18.4 Å². The van der Waals surface area contributed by atoms with Gasteiger partial charge in [-0.15, -0.1) is 11.3 Å². The summed E-state index contributed by atoms with van der Waals surface area (Å²) in [6.45, 7) is 0.344. The van der Waals surface area contributed by atoms with Gasteiger partial charge in [-0.3, -0.25) is 0 Å². The van der Waals surface area contributed by atoms with E-state index in [2.05, 4.69) is 27.0 Å². The molecule has 0 unspecified atom stereocenters. The maximum Gasteiger partial charge on any atom is 0.175 e. The van der Waals surface area contributed by atoms with Crippen LogP contribution in [-0.2, 0) is 6.61 Å². The second kappa shape index (κ2) is 11.1. The molecule has 0 aliphatic heterocycles. The number of allylic oxidation sites excluding steroid dienone is 1. The Kier molecular flexibility index (Phi) is 7.99. The molecule has 35 heavy (non-hydrogen) atoms. The van der Waals surface area contributed by atoms with Crippen molar-refractivity contribution >= 4 is 61.8 Å². The number of nitrogens with zero attached hydrogens (tertiary/aromatic N) is 2.